The molecular weight excluding hydrogens is 638 g/mol. The fraction of sp³-hybridized carbons (Fsp3) is 0.400. The predicted molar refractivity (Wildman–Crippen MR) is 83.4 cm³/mol. The molecule has 2 aromatic heterocycles. The molecule has 118 valence electrons. The Bertz CT molecular complexity index is 425. The molecule has 0 aliphatic rings. The number of hydrogen-bond acceptors (Lipinski definition) is 4. The van der Waals surface area contributed by atoms with Crippen molar-refractivity contribution in [3.05, 3.63) is 51.7 Å². The molecular formula is C15H21O2S2WY2-. The van der Waals surface area contributed by atoms with Crippen molar-refractivity contribution < 1.29 is 96.7 Å². The number of hydrogen-bond donors (Lipinski definition) is 2. The van der Waals surface area contributed by atoms with Crippen LogP contribution in [0.15, 0.2) is 35.0 Å². The summed E-state index contributed by atoms with van der Waals surface area (Å²) in [6.07, 6.45) is 1.88. The van der Waals surface area contributed by atoms with Gasteiger partial charge in [0.25, 0.3) is 0 Å². The largest absolute Gasteiger partial charge is 0.390 e. The van der Waals surface area contributed by atoms with E-state index in [0.717, 1.165) is 22.6 Å². The third-order valence-electron chi connectivity index (χ3n) is 2.58. The molecule has 2 nitrogen and oxygen atoms in total. The van der Waals surface area contributed by atoms with Crippen molar-refractivity contribution in [2.24, 2.45) is 0 Å². The number of aliphatic hydroxyl groups is 2. The van der Waals surface area contributed by atoms with Crippen molar-refractivity contribution in [2.45, 2.75) is 38.4 Å². The van der Waals surface area contributed by atoms with Crippen LogP contribution in [0.5, 0.6) is 0 Å². The molecule has 0 aliphatic carbocycles. The molecule has 2 radical (unpaired) electrons. The van der Waals surface area contributed by atoms with Crippen molar-refractivity contribution in [2.75, 3.05) is 0 Å². The van der Waals surface area contributed by atoms with Gasteiger partial charge in [0.2, 0.25) is 0 Å². The molecule has 0 saturated heterocycles. The zero-order valence-corrected chi connectivity index (χ0v) is 23.0. The zero-order chi connectivity index (χ0) is 14.1. The van der Waals surface area contributed by atoms with Gasteiger partial charge in [-0.25, -0.2) is 0 Å². The Morgan fingerprint density at radius 2 is 1.45 bits per heavy atom. The fourth-order valence-electron chi connectivity index (χ4n) is 1.52. The van der Waals surface area contributed by atoms with E-state index in [2.05, 4.69) is 13.8 Å². The van der Waals surface area contributed by atoms with Gasteiger partial charge in [-0.3, -0.25) is 0 Å². The van der Waals surface area contributed by atoms with Crippen LogP contribution in [0.3, 0.4) is 0 Å². The Morgan fingerprint density at radius 1 is 1.00 bits per heavy atom. The fourth-order valence-corrected chi connectivity index (χ4v) is 3.01. The van der Waals surface area contributed by atoms with Gasteiger partial charge in [-0.15, -0.1) is 22.7 Å². The normalized spacial score (nSPS) is 11.6. The number of aliphatic hydroxyl groups excluding tert-OH is 2. The van der Waals surface area contributed by atoms with Crippen molar-refractivity contribution in [1.29, 1.82) is 0 Å². The molecule has 0 spiro atoms. The van der Waals surface area contributed by atoms with Crippen LogP contribution in [0.2, 0.25) is 0 Å². The van der Waals surface area contributed by atoms with Crippen LogP contribution in [0.4, 0.5) is 0 Å². The van der Waals surface area contributed by atoms with Gasteiger partial charge in [0.05, 0.1) is 12.2 Å². The summed E-state index contributed by atoms with van der Waals surface area (Å²) < 4.78 is 0. The second kappa shape index (κ2) is 18.0. The van der Waals surface area contributed by atoms with E-state index in [9.17, 15) is 5.11 Å². The smallest absolute Gasteiger partial charge is 0.0881 e. The van der Waals surface area contributed by atoms with Crippen molar-refractivity contribution in [1.82, 2.24) is 0 Å². The third kappa shape index (κ3) is 11.7. The summed E-state index contributed by atoms with van der Waals surface area (Å²) >= 11 is 3.19. The van der Waals surface area contributed by atoms with Crippen LogP contribution in [-0.2, 0) is 86.5 Å². The standard InChI is InChI=1S/C8H12OS.C7H9OS.W.2Y/c1-2-4-7(9)8-5-3-6-10-8;1-2-6(8)7-4-3-5-9-7;;;/h3,5-7,9H,2,4H2,1H3;3-6,8H,1-2H2;;;/q;-1;;;. The number of rotatable bonds is 5. The Hall–Kier alpha value is 2.22. The molecule has 2 atom stereocenters. The molecule has 0 bridgehead atoms. The summed E-state index contributed by atoms with van der Waals surface area (Å²) in [6.45, 7) is 5.68. The van der Waals surface area contributed by atoms with E-state index in [1.54, 1.807) is 22.7 Å². The molecule has 0 aromatic carbocycles. The summed E-state index contributed by atoms with van der Waals surface area (Å²) in [4.78, 5) is 2.09. The Morgan fingerprint density at radius 3 is 1.77 bits per heavy atom. The average molecular weight is 659 g/mol. The molecule has 2 rings (SSSR count). The van der Waals surface area contributed by atoms with E-state index in [1.165, 1.54) is 0 Å². The Kier molecular flexibility index (Phi) is 23.8. The molecule has 0 saturated carbocycles. The minimum Gasteiger partial charge on any atom is -0.390 e. The molecule has 2 unspecified atom stereocenters. The van der Waals surface area contributed by atoms with Gasteiger partial charge >= 0.3 is 0 Å². The van der Waals surface area contributed by atoms with Gasteiger partial charge in [-0.2, -0.15) is 6.42 Å². The van der Waals surface area contributed by atoms with Crippen molar-refractivity contribution in [3.8, 4) is 0 Å². The van der Waals surface area contributed by atoms with Gasteiger partial charge in [0.1, 0.15) is 0 Å². The number of thiophene rings is 2. The van der Waals surface area contributed by atoms with Gasteiger partial charge in [0, 0.05) is 96.2 Å². The van der Waals surface area contributed by atoms with E-state index in [-0.39, 0.29) is 98.7 Å². The molecule has 22 heavy (non-hydrogen) atoms. The summed E-state index contributed by atoms with van der Waals surface area (Å²) in [6, 6.07) is 7.79. The van der Waals surface area contributed by atoms with E-state index < -0.39 is 0 Å². The maximum Gasteiger partial charge on any atom is 0.0881 e. The summed E-state index contributed by atoms with van der Waals surface area (Å²) in [5.41, 5.74) is 0. The van der Waals surface area contributed by atoms with Crippen LogP contribution in [0, 0.1) is 6.92 Å². The summed E-state index contributed by atoms with van der Waals surface area (Å²) in [5, 5.41) is 22.5. The van der Waals surface area contributed by atoms with E-state index in [0.29, 0.717) is 6.42 Å². The summed E-state index contributed by atoms with van der Waals surface area (Å²) in [5.74, 6) is 0. The van der Waals surface area contributed by atoms with Crippen LogP contribution in [0.1, 0.15) is 48.1 Å². The average Bonchev–Trinajstić information content (AvgIpc) is 3.11. The quantitative estimate of drug-likeness (QED) is 0.462. The molecule has 2 N–H and O–H groups in total. The first-order valence-electron chi connectivity index (χ1n) is 6.41. The van der Waals surface area contributed by atoms with E-state index >= 15 is 0 Å². The van der Waals surface area contributed by atoms with Crippen molar-refractivity contribution >= 4 is 22.7 Å². The molecule has 0 aliphatic heterocycles. The first-order valence-corrected chi connectivity index (χ1v) is 8.17. The minimum atomic E-state index is -0.356. The summed E-state index contributed by atoms with van der Waals surface area (Å²) in [7, 11) is 0. The predicted octanol–water partition coefficient (Wildman–Crippen LogP) is 4.58. The van der Waals surface area contributed by atoms with Crippen LogP contribution in [-0.4, -0.2) is 10.2 Å². The van der Waals surface area contributed by atoms with Gasteiger partial charge in [-0.05, 0) is 29.3 Å². The van der Waals surface area contributed by atoms with E-state index in [4.69, 9.17) is 5.11 Å². The Balaban J connectivity index is -0.000000290. The van der Waals surface area contributed by atoms with E-state index in [1.807, 2.05) is 35.0 Å². The molecule has 2 heterocycles. The SMILES string of the molecule is CCCC(O)c1cccs1.[CH2-]CC(O)c1cccs1.[W].[Y].[Y]. The second-order valence-electron chi connectivity index (χ2n) is 4.14. The van der Waals surface area contributed by atoms with Crippen LogP contribution in [0.25, 0.3) is 0 Å². The molecule has 7 heteroatoms. The van der Waals surface area contributed by atoms with Gasteiger partial charge < -0.3 is 17.1 Å². The van der Waals surface area contributed by atoms with Gasteiger partial charge in [0.15, 0.2) is 0 Å². The zero-order valence-electron chi connectivity index (χ0n) is 12.7. The van der Waals surface area contributed by atoms with Crippen LogP contribution < -0.4 is 0 Å². The maximum absolute atomic E-state index is 9.42. The Labute approximate surface area is 206 Å². The third-order valence-corrected chi connectivity index (χ3v) is 4.53. The molecule has 2 aromatic rings. The van der Waals surface area contributed by atoms with Gasteiger partial charge in [-0.1, -0.05) is 25.5 Å². The minimum absolute atomic E-state index is 0. The first kappa shape index (κ1) is 29.0. The van der Waals surface area contributed by atoms with Crippen LogP contribution >= 0.6 is 22.7 Å². The maximum atomic E-state index is 9.42. The topological polar surface area (TPSA) is 40.5 Å². The first-order chi connectivity index (χ1) is 9.19. The monoisotopic (exact) mass is 659 g/mol. The second-order valence-corrected chi connectivity index (χ2v) is 6.10. The molecule has 0 amide bonds. The molecule has 0 fully saturated rings. The van der Waals surface area contributed by atoms with Crippen molar-refractivity contribution in [3.63, 3.8) is 0 Å².